The Morgan fingerprint density at radius 2 is 2.33 bits per heavy atom. The normalized spacial score (nSPS) is 21.3. The van der Waals surface area contributed by atoms with Gasteiger partial charge in [0.15, 0.2) is 6.10 Å². The van der Waals surface area contributed by atoms with Crippen LogP contribution in [0.5, 0.6) is 0 Å². The van der Waals surface area contributed by atoms with Gasteiger partial charge in [0, 0.05) is 13.6 Å². The van der Waals surface area contributed by atoms with Gasteiger partial charge in [-0.05, 0) is 20.0 Å². The largest absolute Gasteiger partial charge is 0.376 e. The van der Waals surface area contributed by atoms with Crippen molar-refractivity contribution >= 4 is 5.91 Å². The average Bonchev–Trinajstić information content (AvgIpc) is 2.29. The van der Waals surface area contributed by atoms with E-state index in [0.717, 1.165) is 19.5 Å². The fourth-order valence-electron chi connectivity index (χ4n) is 1.48. The molecule has 0 aromatic heterocycles. The van der Waals surface area contributed by atoms with Crippen LogP contribution in [0.2, 0.25) is 0 Å². The van der Waals surface area contributed by atoms with Crippen LogP contribution < -0.4 is 5.32 Å². The highest BCUT2D eigenvalue weighted by Gasteiger charge is 2.25. The monoisotopic (exact) mass is 216 g/mol. The molecule has 1 aliphatic rings. The minimum Gasteiger partial charge on any atom is -0.376 e. The smallest absolute Gasteiger partial charge is 0.253 e. The van der Waals surface area contributed by atoms with Gasteiger partial charge in [-0.1, -0.05) is 0 Å². The van der Waals surface area contributed by atoms with E-state index in [1.807, 2.05) is 7.05 Å². The molecule has 0 aromatic carbocycles. The molecule has 0 saturated carbocycles. The van der Waals surface area contributed by atoms with E-state index in [4.69, 9.17) is 9.47 Å². The van der Waals surface area contributed by atoms with Crippen LogP contribution in [0.25, 0.3) is 0 Å². The van der Waals surface area contributed by atoms with E-state index < -0.39 is 6.10 Å². The van der Waals surface area contributed by atoms with Crippen molar-refractivity contribution in [2.45, 2.75) is 12.5 Å². The van der Waals surface area contributed by atoms with Gasteiger partial charge < -0.3 is 19.7 Å². The van der Waals surface area contributed by atoms with Gasteiger partial charge in [0.25, 0.3) is 5.91 Å². The number of likely N-dealkylation sites (N-methyl/N-ethyl adjacent to an activating group) is 1. The Morgan fingerprint density at radius 1 is 1.53 bits per heavy atom. The predicted molar refractivity (Wildman–Crippen MR) is 56.7 cm³/mol. The zero-order valence-electron chi connectivity index (χ0n) is 9.49. The standard InChI is InChI=1S/C10H20N2O3/c1-11-4-3-5-12(2)10(13)9-8-14-6-7-15-9/h9,11H,3-8H2,1-2H3. The molecule has 0 bridgehead atoms. The molecule has 0 aliphatic carbocycles. The number of nitrogens with zero attached hydrogens (tertiary/aromatic N) is 1. The Balaban J connectivity index is 2.24. The first-order valence-corrected chi connectivity index (χ1v) is 5.34. The topological polar surface area (TPSA) is 50.8 Å². The van der Waals surface area contributed by atoms with Gasteiger partial charge in [0.05, 0.1) is 19.8 Å². The lowest BCUT2D eigenvalue weighted by molar-refractivity contribution is -0.156. The van der Waals surface area contributed by atoms with Gasteiger partial charge in [0.1, 0.15) is 0 Å². The summed E-state index contributed by atoms with van der Waals surface area (Å²) in [6.45, 7) is 3.16. The van der Waals surface area contributed by atoms with E-state index in [0.29, 0.717) is 19.8 Å². The highest BCUT2D eigenvalue weighted by molar-refractivity contribution is 5.80. The van der Waals surface area contributed by atoms with E-state index in [9.17, 15) is 4.79 Å². The Bertz CT molecular complexity index is 193. The predicted octanol–water partition coefficient (Wildman–Crippen LogP) is -0.530. The molecular formula is C10H20N2O3. The number of amides is 1. The third-order valence-electron chi connectivity index (χ3n) is 2.39. The first-order valence-electron chi connectivity index (χ1n) is 5.34. The number of carbonyl (C=O) groups is 1. The summed E-state index contributed by atoms with van der Waals surface area (Å²) in [5, 5.41) is 3.05. The van der Waals surface area contributed by atoms with Crippen molar-refractivity contribution < 1.29 is 14.3 Å². The molecule has 1 aliphatic heterocycles. The summed E-state index contributed by atoms with van der Waals surface area (Å²) in [4.78, 5) is 13.5. The van der Waals surface area contributed by atoms with E-state index in [-0.39, 0.29) is 5.91 Å². The van der Waals surface area contributed by atoms with Crippen LogP contribution >= 0.6 is 0 Å². The minimum atomic E-state index is -0.404. The third-order valence-corrected chi connectivity index (χ3v) is 2.39. The summed E-state index contributed by atoms with van der Waals surface area (Å²) in [5.74, 6) is 0.0193. The van der Waals surface area contributed by atoms with Crippen molar-refractivity contribution in [2.24, 2.45) is 0 Å². The molecule has 1 N–H and O–H groups in total. The van der Waals surface area contributed by atoms with Crippen LogP contribution in [-0.2, 0) is 14.3 Å². The Morgan fingerprint density at radius 3 is 2.93 bits per heavy atom. The molecule has 5 heteroatoms. The Kier molecular flexibility index (Phi) is 5.60. The van der Waals surface area contributed by atoms with Crippen molar-refractivity contribution in [3.8, 4) is 0 Å². The molecule has 0 aromatic rings. The summed E-state index contributed by atoms with van der Waals surface area (Å²) in [7, 11) is 3.70. The molecule has 5 nitrogen and oxygen atoms in total. The van der Waals surface area contributed by atoms with E-state index in [2.05, 4.69) is 5.32 Å². The lowest BCUT2D eigenvalue weighted by Crippen LogP contribution is -2.44. The Labute approximate surface area is 90.7 Å². The highest BCUT2D eigenvalue weighted by atomic mass is 16.6. The third kappa shape index (κ3) is 4.15. The lowest BCUT2D eigenvalue weighted by atomic mass is 10.3. The number of carbonyl (C=O) groups excluding carboxylic acids is 1. The highest BCUT2D eigenvalue weighted by Crippen LogP contribution is 2.04. The van der Waals surface area contributed by atoms with Crippen molar-refractivity contribution in [2.75, 3.05) is 47.0 Å². The molecule has 0 spiro atoms. The summed E-state index contributed by atoms with van der Waals surface area (Å²) in [6.07, 6.45) is 0.546. The Hall–Kier alpha value is -0.650. The minimum absolute atomic E-state index is 0.0193. The molecule has 15 heavy (non-hydrogen) atoms. The number of rotatable bonds is 5. The average molecular weight is 216 g/mol. The maximum Gasteiger partial charge on any atom is 0.253 e. The van der Waals surface area contributed by atoms with Crippen LogP contribution in [0.3, 0.4) is 0 Å². The number of nitrogens with one attached hydrogen (secondary N) is 1. The molecule has 1 unspecified atom stereocenters. The summed E-state index contributed by atoms with van der Waals surface area (Å²) in [5.41, 5.74) is 0. The van der Waals surface area contributed by atoms with Crippen molar-refractivity contribution in [3.05, 3.63) is 0 Å². The quantitative estimate of drug-likeness (QED) is 0.628. The summed E-state index contributed by atoms with van der Waals surface area (Å²) < 4.78 is 10.5. The SMILES string of the molecule is CNCCCN(C)C(=O)C1COCCO1. The van der Waals surface area contributed by atoms with Crippen molar-refractivity contribution in [3.63, 3.8) is 0 Å². The first kappa shape index (κ1) is 12.4. The number of hydrogen-bond donors (Lipinski definition) is 1. The fraction of sp³-hybridized carbons (Fsp3) is 0.900. The molecule has 0 radical (unpaired) electrons. The van der Waals surface area contributed by atoms with Gasteiger partial charge in [-0.15, -0.1) is 0 Å². The zero-order chi connectivity index (χ0) is 11.1. The van der Waals surface area contributed by atoms with Crippen LogP contribution in [0, 0.1) is 0 Å². The first-order chi connectivity index (χ1) is 7.25. The van der Waals surface area contributed by atoms with E-state index in [1.54, 1.807) is 11.9 Å². The second-order valence-corrected chi connectivity index (χ2v) is 3.65. The van der Waals surface area contributed by atoms with Crippen LogP contribution in [0.15, 0.2) is 0 Å². The fourth-order valence-corrected chi connectivity index (χ4v) is 1.48. The van der Waals surface area contributed by atoms with Gasteiger partial charge in [-0.3, -0.25) is 4.79 Å². The van der Waals surface area contributed by atoms with Gasteiger partial charge in [-0.2, -0.15) is 0 Å². The zero-order valence-corrected chi connectivity index (χ0v) is 9.49. The van der Waals surface area contributed by atoms with Crippen LogP contribution in [0.4, 0.5) is 0 Å². The second kappa shape index (κ2) is 6.76. The maximum absolute atomic E-state index is 11.8. The molecule has 1 heterocycles. The van der Waals surface area contributed by atoms with Crippen LogP contribution in [0.1, 0.15) is 6.42 Å². The summed E-state index contributed by atoms with van der Waals surface area (Å²) in [6, 6.07) is 0. The van der Waals surface area contributed by atoms with E-state index >= 15 is 0 Å². The van der Waals surface area contributed by atoms with Crippen LogP contribution in [-0.4, -0.2) is 63.9 Å². The molecule has 1 saturated heterocycles. The number of hydrogen-bond acceptors (Lipinski definition) is 4. The van der Waals surface area contributed by atoms with Gasteiger partial charge >= 0.3 is 0 Å². The van der Waals surface area contributed by atoms with Gasteiger partial charge in [-0.25, -0.2) is 0 Å². The van der Waals surface area contributed by atoms with E-state index in [1.165, 1.54) is 0 Å². The van der Waals surface area contributed by atoms with Gasteiger partial charge in [0.2, 0.25) is 0 Å². The van der Waals surface area contributed by atoms with Crippen molar-refractivity contribution in [1.29, 1.82) is 0 Å². The lowest BCUT2D eigenvalue weighted by Gasteiger charge is -2.26. The second-order valence-electron chi connectivity index (χ2n) is 3.65. The molecule has 1 amide bonds. The molecule has 1 atom stereocenters. The molecular weight excluding hydrogens is 196 g/mol. The molecule has 1 rings (SSSR count). The molecule has 88 valence electrons. The van der Waals surface area contributed by atoms with Crippen molar-refractivity contribution in [1.82, 2.24) is 10.2 Å². The molecule has 1 fully saturated rings. The maximum atomic E-state index is 11.8. The number of ether oxygens (including phenoxy) is 2. The summed E-state index contributed by atoms with van der Waals surface area (Å²) >= 11 is 0.